The van der Waals surface area contributed by atoms with Crippen LogP contribution in [0.5, 0.6) is 11.5 Å². The number of nitrogens with zero attached hydrogens (tertiary/aromatic N) is 3. The van der Waals surface area contributed by atoms with E-state index in [0.29, 0.717) is 24.3 Å². The third-order valence-electron chi connectivity index (χ3n) is 7.35. The Bertz CT molecular complexity index is 1460. The van der Waals surface area contributed by atoms with Crippen LogP contribution in [0.1, 0.15) is 19.3 Å². The largest absolute Gasteiger partial charge is 0.457 e. The van der Waals surface area contributed by atoms with Crippen LogP contribution in [0.2, 0.25) is 0 Å². The molecule has 2 aromatic carbocycles. The average molecular weight is 565 g/mol. The van der Waals surface area contributed by atoms with Gasteiger partial charge in [0.15, 0.2) is 0 Å². The van der Waals surface area contributed by atoms with Gasteiger partial charge in [0.05, 0.1) is 5.69 Å². The van der Waals surface area contributed by atoms with E-state index in [4.69, 9.17) is 4.74 Å². The average Bonchev–Trinajstić information content (AvgIpc) is 3.66. The van der Waals surface area contributed by atoms with Gasteiger partial charge in [-0.2, -0.15) is 0 Å². The maximum atomic E-state index is 14.9. The fourth-order valence-electron chi connectivity index (χ4n) is 4.64. The summed E-state index contributed by atoms with van der Waals surface area (Å²) in [6, 6.07) is 12.0. The first-order valence-electron chi connectivity index (χ1n) is 13.2. The zero-order chi connectivity index (χ0) is 29.1. The van der Waals surface area contributed by atoms with Crippen molar-refractivity contribution < 1.29 is 27.9 Å². The molecule has 3 N–H and O–H groups in total. The first-order chi connectivity index (χ1) is 19.6. The summed E-state index contributed by atoms with van der Waals surface area (Å²) in [6.07, 6.45) is 2.97. The van der Waals surface area contributed by atoms with Crippen molar-refractivity contribution in [2.75, 3.05) is 43.1 Å². The van der Waals surface area contributed by atoms with Gasteiger partial charge >= 0.3 is 6.03 Å². The lowest BCUT2D eigenvalue weighted by molar-refractivity contribution is -0.131. The zero-order valence-electron chi connectivity index (χ0n) is 22.6. The molecule has 10 nitrogen and oxygen atoms in total. The molecule has 1 aromatic heterocycles. The number of hydrogen-bond acceptors (Lipinski definition) is 6. The lowest BCUT2D eigenvalue weighted by Crippen LogP contribution is -2.41. The summed E-state index contributed by atoms with van der Waals surface area (Å²) in [5.74, 6) is -1.61. The maximum absolute atomic E-state index is 14.9. The molecule has 3 aromatic rings. The molecule has 0 radical (unpaired) electrons. The summed E-state index contributed by atoms with van der Waals surface area (Å²) in [7, 11) is 3.75. The van der Waals surface area contributed by atoms with Gasteiger partial charge in [-0.25, -0.2) is 18.6 Å². The molecule has 1 atom stereocenters. The highest BCUT2D eigenvalue weighted by molar-refractivity contribution is 6.16. The van der Waals surface area contributed by atoms with Crippen molar-refractivity contribution >= 4 is 35.0 Å². The van der Waals surface area contributed by atoms with E-state index < -0.39 is 28.9 Å². The van der Waals surface area contributed by atoms with Crippen LogP contribution in [0.3, 0.4) is 0 Å². The molecule has 0 bridgehead atoms. The van der Waals surface area contributed by atoms with Crippen LogP contribution in [0.4, 0.5) is 30.8 Å². The molecule has 1 saturated heterocycles. The maximum Gasteiger partial charge on any atom is 0.323 e. The van der Waals surface area contributed by atoms with E-state index in [1.165, 1.54) is 48.7 Å². The number of ether oxygens (including phenoxy) is 1. The second-order valence-corrected chi connectivity index (χ2v) is 10.4. The number of aromatic nitrogens is 1. The smallest absolute Gasteiger partial charge is 0.323 e. The van der Waals surface area contributed by atoms with E-state index >= 15 is 0 Å². The molecule has 41 heavy (non-hydrogen) atoms. The molecule has 1 aliphatic carbocycles. The quantitative estimate of drug-likeness (QED) is 0.343. The van der Waals surface area contributed by atoms with Crippen molar-refractivity contribution in [3.8, 4) is 11.5 Å². The number of likely N-dealkylation sites (N-methyl/N-ethyl adjacent to an activating group) is 2. The number of urea groups is 1. The van der Waals surface area contributed by atoms with Gasteiger partial charge in [0, 0.05) is 43.7 Å². The normalized spacial score (nSPS) is 17.4. The molecule has 2 aliphatic rings. The number of benzene rings is 2. The zero-order valence-corrected chi connectivity index (χ0v) is 22.6. The lowest BCUT2D eigenvalue weighted by Gasteiger charge is -2.24. The molecule has 2 heterocycles. The minimum atomic E-state index is -1.32. The molecule has 12 heteroatoms. The van der Waals surface area contributed by atoms with Gasteiger partial charge in [-0.3, -0.25) is 14.9 Å². The molecule has 1 aliphatic heterocycles. The number of hydrogen-bond donors (Lipinski definition) is 3. The Balaban J connectivity index is 1.18. The predicted octanol–water partition coefficient (Wildman–Crippen LogP) is 4.68. The number of amides is 4. The third-order valence-corrected chi connectivity index (χ3v) is 7.35. The van der Waals surface area contributed by atoms with Crippen LogP contribution < -0.4 is 20.7 Å². The SMILES string of the molecule is CN1CCC(N(C)C(=O)Nc2cc(Oc3ccc(NC(=O)C4(C(=O)Nc5ccc(F)cc5)CC4)c(F)c3)ccn2)C1. The standard InChI is InChI=1S/C29H30F2N6O4/c1-36-14-10-20(17-36)37(2)28(40)35-25-16-22(9-13-32-25)41-21-7-8-24(23(31)15-21)34-27(39)29(11-12-29)26(38)33-19-5-3-18(30)4-6-19/h3-9,13,15-16,20H,10-12,14,17H2,1-2H3,(H,33,38)(H,34,39)(H,32,35,40). The molecule has 0 spiro atoms. The van der Waals surface area contributed by atoms with Crippen LogP contribution in [0, 0.1) is 17.0 Å². The molecule has 1 saturated carbocycles. The van der Waals surface area contributed by atoms with Crippen molar-refractivity contribution in [3.05, 3.63) is 72.4 Å². The Kier molecular flexibility index (Phi) is 7.84. The number of halogens is 2. The number of nitrogens with one attached hydrogen (secondary N) is 3. The van der Waals surface area contributed by atoms with Crippen LogP contribution in [-0.2, 0) is 9.59 Å². The second kappa shape index (κ2) is 11.5. The van der Waals surface area contributed by atoms with Crippen molar-refractivity contribution in [1.29, 1.82) is 0 Å². The van der Waals surface area contributed by atoms with Gasteiger partial charge in [-0.05, 0) is 75.3 Å². The van der Waals surface area contributed by atoms with Gasteiger partial charge in [0.25, 0.3) is 0 Å². The van der Waals surface area contributed by atoms with E-state index in [0.717, 1.165) is 25.6 Å². The summed E-state index contributed by atoms with van der Waals surface area (Å²) in [6.45, 7) is 1.73. The molecule has 1 unspecified atom stereocenters. The number of carbonyl (C=O) groups excluding carboxylic acids is 3. The highest BCUT2D eigenvalue weighted by Crippen LogP contribution is 2.47. The highest BCUT2D eigenvalue weighted by atomic mass is 19.1. The molecule has 4 amide bonds. The predicted molar refractivity (Wildman–Crippen MR) is 149 cm³/mol. The van der Waals surface area contributed by atoms with Gasteiger partial charge < -0.3 is 25.2 Å². The minimum Gasteiger partial charge on any atom is -0.457 e. The Morgan fingerprint density at radius 3 is 2.34 bits per heavy atom. The first-order valence-corrected chi connectivity index (χ1v) is 13.2. The molecular formula is C29H30F2N6O4. The molecule has 5 rings (SSSR count). The van der Waals surface area contributed by atoms with E-state index in [-0.39, 0.29) is 29.3 Å². The van der Waals surface area contributed by atoms with Crippen molar-refractivity contribution in [1.82, 2.24) is 14.8 Å². The third kappa shape index (κ3) is 6.43. The van der Waals surface area contributed by atoms with Crippen LogP contribution in [0.25, 0.3) is 0 Å². The van der Waals surface area contributed by atoms with E-state index in [2.05, 4.69) is 25.8 Å². The summed E-state index contributed by atoms with van der Waals surface area (Å²) in [5, 5.41) is 7.86. The number of carbonyl (C=O) groups is 3. The Labute approximate surface area is 235 Å². The Morgan fingerprint density at radius 2 is 1.68 bits per heavy atom. The van der Waals surface area contributed by atoms with Crippen LogP contribution in [-0.4, -0.2) is 65.9 Å². The highest BCUT2D eigenvalue weighted by Gasteiger charge is 2.56. The second-order valence-electron chi connectivity index (χ2n) is 10.4. The molecule has 214 valence electrons. The fourth-order valence-corrected chi connectivity index (χ4v) is 4.64. The topological polar surface area (TPSA) is 116 Å². The number of likely N-dealkylation sites (tertiary alicyclic amines) is 1. The summed E-state index contributed by atoms with van der Waals surface area (Å²) >= 11 is 0. The van der Waals surface area contributed by atoms with Gasteiger partial charge in [-0.15, -0.1) is 0 Å². The first kappa shape index (κ1) is 28.0. The van der Waals surface area contributed by atoms with Gasteiger partial charge in [-0.1, -0.05) is 0 Å². The number of anilines is 3. The van der Waals surface area contributed by atoms with Crippen LogP contribution in [0.15, 0.2) is 60.8 Å². The summed E-state index contributed by atoms with van der Waals surface area (Å²) in [4.78, 5) is 46.3. The summed E-state index contributed by atoms with van der Waals surface area (Å²) < 4.78 is 33.8. The monoisotopic (exact) mass is 564 g/mol. The molecular weight excluding hydrogens is 534 g/mol. The Morgan fingerprint density at radius 1 is 0.976 bits per heavy atom. The van der Waals surface area contributed by atoms with Crippen molar-refractivity contribution in [2.45, 2.75) is 25.3 Å². The van der Waals surface area contributed by atoms with Gasteiger partial charge in [0.2, 0.25) is 11.8 Å². The Hall–Kier alpha value is -4.58. The molecule has 2 fully saturated rings. The van der Waals surface area contributed by atoms with E-state index in [1.54, 1.807) is 18.0 Å². The minimum absolute atomic E-state index is 0.105. The van der Waals surface area contributed by atoms with Crippen LogP contribution >= 0.6 is 0 Å². The van der Waals surface area contributed by atoms with E-state index in [9.17, 15) is 23.2 Å². The number of pyridine rings is 1. The van der Waals surface area contributed by atoms with Crippen molar-refractivity contribution in [2.24, 2.45) is 5.41 Å². The summed E-state index contributed by atoms with van der Waals surface area (Å²) in [5.41, 5.74) is -1.07. The van der Waals surface area contributed by atoms with Crippen molar-refractivity contribution in [3.63, 3.8) is 0 Å². The lowest BCUT2D eigenvalue weighted by atomic mass is 10.0. The number of rotatable bonds is 8. The van der Waals surface area contributed by atoms with Gasteiger partial charge in [0.1, 0.15) is 34.4 Å². The fraction of sp³-hybridized carbons (Fsp3) is 0.310. The van der Waals surface area contributed by atoms with E-state index in [1.807, 2.05) is 7.05 Å².